The van der Waals surface area contributed by atoms with Gasteiger partial charge < -0.3 is 24.2 Å². The normalized spacial score (nSPS) is 13.6. The average Bonchev–Trinajstić information content (AvgIpc) is 3.37. The minimum absolute atomic E-state index is 0.162. The number of aliphatic hydroxyl groups is 1. The summed E-state index contributed by atoms with van der Waals surface area (Å²) in [6.07, 6.45) is 56.7. The lowest BCUT2D eigenvalue weighted by Crippen LogP contribution is -2.30. The number of aliphatic hydroxyl groups excluding tert-OH is 1. The smallest absolute Gasteiger partial charge is 0.462 e. The molecular formula is C60H111O11P. The van der Waals surface area contributed by atoms with Crippen LogP contribution in [0.3, 0.4) is 0 Å². The molecule has 0 spiro atoms. The van der Waals surface area contributed by atoms with Crippen molar-refractivity contribution >= 4 is 25.7 Å². The quantitative estimate of drug-likeness (QED) is 0.0197. The van der Waals surface area contributed by atoms with Crippen molar-refractivity contribution in [1.82, 2.24) is 0 Å². The van der Waals surface area contributed by atoms with Crippen molar-refractivity contribution in [3.05, 3.63) is 36.5 Å². The van der Waals surface area contributed by atoms with E-state index in [-0.39, 0.29) is 25.9 Å². The SMILES string of the molecule is CCCC/C=C\CCCCCCCC(=O)OC(CO)COP(=O)(O)OCC(COC(=O)CCCCCCCCCCCCCCCCCCC)OC(=O)CCCCCCCCC/C=C\C/C=C\CCCCC. The summed E-state index contributed by atoms with van der Waals surface area (Å²) < 4.78 is 39.5. The van der Waals surface area contributed by atoms with Crippen LogP contribution >= 0.6 is 7.82 Å². The van der Waals surface area contributed by atoms with E-state index in [1.165, 1.54) is 135 Å². The molecule has 0 bridgehead atoms. The molecule has 0 heterocycles. The molecule has 0 amide bonds. The van der Waals surface area contributed by atoms with Crippen LogP contribution in [0.15, 0.2) is 36.5 Å². The van der Waals surface area contributed by atoms with Crippen LogP contribution in [0.2, 0.25) is 0 Å². The molecule has 0 saturated heterocycles. The number of esters is 3. The second-order valence-electron chi connectivity index (χ2n) is 20.2. The second-order valence-corrected chi connectivity index (χ2v) is 21.6. The summed E-state index contributed by atoms with van der Waals surface area (Å²) in [5.41, 5.74) is 0. The highest BCUT2D eigenvalue weighted by atomic mass is 31.2. The highest BCUT2D eigenvalue weighted by molar-refractivity contribution is 7.47. The van der Waals surface area contributed by atoms with Gasteiger partial charge in [-0.2, -0.15) is 0 Å². The van der Waals surface area contributed by atoms with Crippen molar-refractivity contribution in [3.63, 3.8) is 0 Å². The Morgan fingerprint density at radius 3 is 1.11 bits per heavy atom. The number of carbonyl (C=O) groups excluding carboxylic acids is 3. The molecule has 422 valence electrons. The van der Waals surface area contributed by atoms with Crippen LogP contribution in [0.4, 0.5) is 0 Å². The second kappa shape index (κ2) is 54.9. The van der Waals surface area contributed by atoms with Crippen LogP contribution in [-0.2, 0) is 42.2 Å². The number of allylic oxidation sites excluding steroid dienone is 6. The summed E-state index contributed by atoms with van der Waals surface area (Å²) in [6, 6.07) is 0. The fraction of sp³-hybridized carbons (Fsp3) is 0.850. The van der Waals surface area contributed by atoms with E-state index in [9.17, 15) is 28.9 Å². The molecule has 0 aliphatic carbocycles. The maximum Gasteiger partial charge on any atom is 0.472 e. The van der Waals surface area contributed by atoms with E-state index in [4.69, 9.17) is 23.3 Å². The Labute approximate surface area is 441 Å². The van der Waals surface area contributed by atoms with Crippen molar-refractivity contribution < 1.29 is 52.2 Å². The number of phosphoric ester groups is 1. The van der Waals surface area contributed by atoms with Gasteiger partial charge in [0.25, 0.3) is 0 Å². The van der Waals surface area contributed by atoms with Gasteiger partial charge in [0, 0.05) is 19.3 Å². The molecule has 0 aromatic rings. The lowest BCUT2D eigenvalue weighted by atomic mass is 10.0. The van der Waals surface area contributed by atoms with Crippen LogP contribution < -0.4 is 0 Å². The highest BCUT2D eigenvalue weighted by Gasteiger charge is 2.28. The Hall–Kier alpha value is -2.30. The Bertz CT molecular complexity index is 1350. The molecule has 72 heavy (non-hydrogen) atoms. The number of ether oxygens (including phenoxy) is 3. The first-order valence-electron chi connectivity index (χ1n) is 29.9. The fourth-order valence-electron chi connectivity index (χ4n) is 8.43. The maximum atomic E-state index is 12.9. The summed E-state index contributed by atoms with van der Waals surface area (Å²) >= 11 is 0. The minimum Gasteiger partial charge on any atom is -0.462 e. The van der Waals surface area contributed by atoms with E-state index in [1.807, 2.05) is 0 Å². The van der Waals surface area contributed by atoms with Gasteiger partial charge in [0.2, 0.25) is 0 Å². The summed E-state index contributed by atoms with van der Waals surface area (Å²) in [5.74, 6) is -1.46. The summed E-state index contributed by atoms with van der Waals surface area (Å²) in [6.45, 7) is 4.61. The van der Waals surface area contributed by atoms with Crippen LogP contribution in [0.5, 0.6) is 0 Å². The third-order valence-corrected chi connectivity index (χ3v) is 14.0. The van der Waals surface area contributed by atoms with Gasteiger partial charge in [-0.25, -0.2) is 4.57 Å². The van der Waals surface area contributed by atoms with Gasteiger partial charge in [0.05, 0.1) is 19.8 Å². The van der Waals surface area contributed by atoms with E-state index in [0.717, 1.165) is 96.3 Å². The number of rotatable bonds is 56. The van der Waals surface area contributed by atoms with E-state index >= 15 is 0 Å². The van der Waals surface area contributed by atoms with Gasteiger partial charge in [-0.3, -0.25) is 23.4 Å². The Kier molecular flexibility index (Phi) is 53.2. The molecule has 12 heteroatoms. The van der Waals surface area contributed by atoms with Crippen molar-refractivity contribution in [2.75, 3.05) is 26.4 Å². The lowest BCUT2D eigenvalue weighted by molar-refractivity contribution is -0.161. The summed E-state index contributed by atoms with van der Waals surface area (Å²) in [5, 5.41) is 9.79. The molecule has 0 aromatic heterocycles. The molecule has 0 rings (SSSR count). The van der Waals surface area contributed by atoms with Gasteiger partial charge in [-0.1, -0.05) is 237 Å². The van der Waals surface area contributed by atoms with Gasteiger partial charge >= 0.3 is 25.7 Å². The first-order valence-corrected chi connectivity index (χ1v) is 31.4. The lowest BCUT2D eigenvalue weighted by Gasteiger charge is -2.21. The topological polar surface area (TPSA) is 155 Å². The fourth-order valence-corrected chi connectivity index (χ4v) is 9.21. The molecule has 0 aromatic carbocycles. The van der Waals surface area contributed by atoms with Crippen molar-refractivity contribution in [3.8, 4) is 0 Å². The van der Waals surface area contributed by atoms with Crippen molar-refractivity contribution in [1.29, 1.82) is 0 Å². The molecule has 3 unspecified atom stereocenters. The van der Waals surface area contributed by atoms with Crippen LogP contribution in [-0.4, -0.2) is 66.5 Å². The van der Waals surface area contributed by atoms with Crippen molar-refractivity contribution in [2.45, 2.75) is 303 Å². The zero-order chi connectivity index (χ0) is 52.7. The first-order chi connectivity index (χ1) is 35.2. The molecule has 0 saturated carbocycles. The van der Waals surface area contributed by atoms with E-state index in [1.54, 1.807) is 0 Å². The minimum atomic E-state index is -4.75. The molecule has 0 aliphatic heterocycles. The maximum absolute atomic E-state index is 12.9. The van der Waals surface area contributed by atoms with Gasteiger partial charge in [-0.15, -0.1) is 0 Å². The van der Waals surface area contributed by atoms with Gasteiger partial charge in [-0.05, 0) is 70.6 Å². The number of carbonyl (C=O) groups is 3. The third kappa shape index (κ3) is 52.6. The first kappa shape index (κ1) is 69.7. The van der Waals surface area contributed by atoms with Crippen LogP contribution in [0.25, 0.3) is 0 Å². The predicted molar refractivity (Wildman–Crippen MR) is 298 cm³/mol. The Balaban J connectivity index is 4.70. The number of hydrogen-bond acceptors (Lipinski definition) is 10. The van der Waals surface area contributed by atoms with Gasteiger partial charge in [0.15, 0.2) is 6.10 Å². The monoisotopic (exact) mass is 1040 g/mol. The number of phosphoric acid groups is 1. The van der Waals surface area contributed by atoms with E-state index < -0.39 is 57.8 Å². The van der Waals surface area contributed by atoms with Gasteiger partial charge in [0.1, 0.15) is 12.7 Å². The predicted octanol–water partition coefficient (Wildman–Crippen LogP) is 17.6. The van der Waals surface area contributed by atoms with E-state index in [0.29, 0.717) is 19.3 Å². The molecule has 0 radical (unpaired) electrons. The average molecular weight is 1040 g/mol. The zero-order valence-electron chi connectivity index (χ0n) is 46.7. The molecular weight excluding hydrogens is 928 g/mol. The number of unbranched alkanes of at least 4 members (excludes halogenated alkanes) is 33. The molecule has 2 N–H and O–H groups in total. The Morgan fingerprint density at radius 1 is 0.389 bits per heavy atom. The van der Waals surface area contributed by atoms with Crippen LogP contribution in [0.1, 0.15) is 290 Å². The van der Waals surface area contributed by atoms with Crippen molar-refractivity contribution in [2.24, 2.45) is 0 Å². The zero-order valence-corrected chi connectivity index (χ0v) is 47.6. The molecule has 0 aliphatic rings. The largest absolute Gasteiger partial charge is 0.472 e. The third-order valence-electron chi connectivity index (χ3n) is 13.0. The standard InChI is InChI=1S/C60H111O11P/c1-4-7-10-13-16-19-22-24-26-28-30-32-35-37-40-43-46-49-58(62)67-53-57(71-60(64)51-48-45-42-39-36-33-31-29-27-25-23-20-17-14-11-8-5-2)55-69-72(65,66)68-54-56(52-61)70-59(63)50-47-44-41-38-34-21-18-15-12-9-6-3/h15,17-18,20,25,27,56-57,61H,4-14,16,19,21-24,26,28-55H2,1-3H3,(H,65,66)/b18-15-,20-17-,27-25-. The summed E-state index contributed by atoms with van der Waals surface area (Å²) in [7, 11) is -4.75. The molecule has 3 atom stereocenters. The Morgan fingerprint density at radius 2 is 0.694 bits per heavy atom. The molecule has 11 nitrogen and oxygen atoms in total. The summed E-state index contributed by atoms with van der Waals surface area (Å²) in [4.78, 5) is 48.5. The highest BCUT2D eigenvalue weighted by Crippen LogP contribution is 2.43. The molecule has 0 fully saturated rings. The van der Waals surface area contributed by atoms with E-state index in [2.05, 4.69) is 57.2 Å². The van der Waals surface area contributed by atoms with Crippen LogP contribution in [0, 0.1) is 0 Å². The number of hydrogen-bond donors (Lipinski definition) is 2.